The average Bonchev–Trinajstić information content (AvgIpc) is 3.46. The van der Waals surface area contributed by atoms with Crippen LogP contribution in [0, 0.1) is 31.3 Å². The van der Waals surface area contributed by atoms with Crippen molar-refractivity contribution in [2.45, 2.75) is 56.6 Å². The second-order valence-electron chi connectivity index (χ2n) is 11.0. The Morgan fingerprint density at radius 2 is 1.39 bits per heavy atom. The second-order valence-corrected chi connectivity index (χ2v) is 12.4. The van der Waals surface area contributed by atoms with Gasteiger partial charge in [0.15, 0.2) is 0 Å². The molecule has 236 valence electrons. The zero-order chi connectivity index (χ0) is 32.7. The molecule has 0 spiro atoms. The van der Waals surface area contributed by atoms with Gasteiger partial charge in [-0.25, -0.2) is 22.4 Å². The van der Waals surface area contributed by atoms with Gasteiger partial charge in [0.2, 0.25) is 0 Å². The average molecular weight is 644 g/mol. The Hall–Kier alpha value is -4.70. The molecule has 6 rings (SSSR count). The summed E-state index contributed by atoms with van der Waals surface area (Å²) in [5.41, 5.74) is 4.88. The van der Waals surface area contributed by atoms with E-state index in [0.717, 1.165) is 16.8 Å². The van der Waals surface area contributed by atoms with Crippen LogP contribution in [-0.2, 0) is 33.4 Å². The third-order valence-corrected chi connectivity index (χ3v) is 9.86. The highest BCUT2D eigenvalue weighted by Crippen LogP contribution is 2.46. The number of aryl methyl sites for hydroxylation is 1. The van der Waals surface area contributed by atoms with Crippen molar-refractivity contribution in [3.8, 4) is 0 Å². The van der Waals surface area contributed by atoms with E-state index in [1.54, 1.807) is 29.7 Å². The Morgan fingerprint density at radius 3 is 1.98 bits per heavy atom. The van der Waals surface area contributed by atoms with E-state index < -0.39 is 40.1 Å². The van der Waals surface area contributed by atoms with E-state index >= 15 is 4.39 Å². The van der Waals surface area contributed by atoms with Gasteiger partial charge < -0.3 is 13.9 Å². The highest BCUT2D eigenvalue weighted by molar-refractivity contribution is 7.85. The van der Waals surface area contributed by atoms with Gasteiger partial charge in [-0.1, -0.05) is 6.07 Å². The SMILES string of the molecule is CCOC(=O)Cn1c(C)c(C(c2cccnc2S(=O)c2ccc(F)cc2)c2c(C)n(CC)c3ccc(F)cc23)c2cc(F)ccc21. The number of nitrogens with zero attached hydrogens (tertiary/aromatic N) is 3. The summed E-state index contributed by atoms with van der Waals surface area (Å²) < 4.78 is 67.2. The maximum atomic E-state index is 15.1. The molecule has 0 saturated heterocycles. The number of carbonyl (C=O) groups excluding carboxylic acids is 1. The molecule has 3 aromatic carbocycles. The summed E-state index contributed by atoms with van der Waals surface area (Å²) >= 11 is 0. The Morgan fingerprint density at radius 1 is 0.826 bits per heavy atom. The number of halogens is 3. The molecule has 0 aliphatic heterocycles. The van der Waals surface area contributed by atoms with Crippen LogP contribution in [0.3, 0.4) is 0 Å². The van der Waals surface area contributed by atoms with E-state index in [0.29, 0.717) is 44.6 Å². The largest absolute Gasteiger partial charge is 0.465 e. The van der Waals surface area contributed by atoms with E-state index in [4.69, 9.17) is 4.74 Å². The summed E-state index contributed by atoms with van der Waals surface area (Å²) in [5, 5.41) is 1.42. The van der Waals surface area contributed by atoms with Crippen molar-refractivity contribution in [3.63, 3.8) is 0 Å². The Balaban J connectivity index is 1.73. The van der Waals surface area contributed by atoms with Gasteiger partial charge in [0.25, 0.3) is 0 Å². The first-order valence-corrected chi connectivity index (χ1v) is 16.1. The molecule has 6 aromatic rings. The molecule has 0 aliphatic carbocycles. The number of rotatable bonds is 9. The number of hydrogen-bond donors (Lipinski definition) is 0. The predicted octanol–water partition coefficient (Wildman–Crippen LogP) is 7.96. The molecular weight excluding hydrogens is 611 g/mol. The first-order valence-electron chi connectivity index (χ1n) is 15.0. The normalized spacial score (nSPS) is 12.9. The van der Waals surface area contributed by atoms with Gasteiger partial charge in [-0.2, -0.15) is 0 Å². The van der Waals surface area contributed by atoms with E-state index in [1.807, 2.05) is 26.8 Å². The fourth-order valence-corrected chi connectivity index (χ4v) is 7.70. The summed E-state index contributed by atoms with van der Waals surface area (Å²) in [5.74, 6) is -2.53. The predicted molar refractivity (Wildman–Crippen MR) is 172 cm³/mol. The molecule has 10 heteroatoms. The lowest BCUT2D eigenvalue weighted by Crippen LogP contribution is -2.16. The van der Waals surface area contributed by atoms with Crippen LogP contribution in [-0.4, -0.2) is 30.9 Å². The van der Waals surface area contributed by atoms with E-state index in [9.17, 15) is 17.8 Å². The van der Waals surface area contributed by atoms with Gasteiger partial charge in [0.1, 0.15) is 39.8 Å². The lowest BCUT2D eigenvalue weighted by molar-refractivity contribution is -0.143. The van der Waals surface area contributed by atoms with Crippen molar-refractivity contribution in [2.75, 3.05) is 6.61 Å². The van der Waals surface area contributed by atoms with E-state index in [2.05, 4.69) is 9.55 Å². The van der Waals surface area contributed by atoms with Crippen LogP contribution in [0.2, 0.25) is 0 Å². The van der Waals surface area contributed by atoms with Gasteiger partial charge >= 0.3 is 5.97 Å². The molecule has 3 aromatic heterocycles. The number of ether oxygens (including phenoxy) is 1. The van der Waals surface area contributed by atoms with Crippen molar-refractivity contribution < 1.29 is 26.9 Å². The number of esters is 1. The molecule has 0 saturated carbocycles. The smallest absolute Gasteiger partial charge is 0.325 e. The summed E-state index contributed by atoms with van der Waals surface area (Å²) in [6.07, 6.45) is 1.54. The molecule has 2 atom stereocenters. The van der Waals surface area contributed by atoms with Gasteiger partial charge in [-0.15, -0.1) is 0 Å². The number of pyridine rings is 1. The third kappa shape index (κ3) is 5.40. The van der Waals surface area contributed by atoms with Gasteiger partial charge in [-0.3, -0.25) is 4.79 Å². The highest BCUT2D eigenvalue weighted by atomic mass is 32.2. The van der Waals surface area contributed by atoms with Gasteiger partial charge in [0, 0.05) is 56.7 Å². The van der Waals surface area contributed by atoms with Crippen LogP contribution in [0.1, 0.15) is 47.8 Å². The van der Waals surface area contributed by atoms with Crippen LogP contribution >= 0.6 is 0 Å². The Labute approximate surface area is 266 Å². The molecule has 0 aliphatic rings. The number of benzene rings is 3. The number of carbonyl (C=O) groups is 1. The van der Waals surface area contributed by atoms with Crippen LogP contribution in [0.5, 0.6) is 0 Å². The zero-order valence-corrected chi connectivity index (χ0v) is 26.6. The van der Waals surface area contributed by atoms with Gasteiger partial charge in [0.05, 0.1) is 6.61 Å². The quantitative estimate of drug-likeness (QED) is 0.150. The lowest BCUT2D eigenvalue weighted by Gasteiger charge is -2.23. The minimum absolute atomic E-state index is 0.111. The number of fused-ring (bicyclic) bond motifs is 2. The van der Waals surface area contributed by atoms with Gasteiger partial charge in [-0.05, 0) is 111 Å². The maximum Gasteiger partial charge on any atom is 0.325 e. The van der Waals surface area contributed by atoms with E-state index in [-0.39, 0.29) is 18.2 Å². The number of hydrogen-bond acceptors (Lipinski definition) is 4. The minimum Gasteiger partial charge on any atom is -0.465 e. The molecule has 6 nitrogen and oxygen atoms in total. The van der Waals surface area contributed by atoms with Crippen LogP contribution in [0.4, 0.5) is 13.2 Å². The molecule has 0 fully saturated rings. The zero-order valence-electron chi connectivity index (χ0n) is 25.8. The Bertz CT molecular complexity index is 2140. The second kappa shape index (κ2) is 12.6. The molecule has 2 unspecified atom stereocenters. The Kier molecular flexibility index (Phi) is 8.57. The van der Waals surface area contributed by atoms with Crippen LogP contribution in [0.15, 0.2) is 88.9 Å². The standard InChI is InChI=1S/C36H32F3N3O3S/c1-5-41-21(3)33(28-18-24(38)11-15-30(28)41)35(27-8-7-17-40-36(27)46(44)26-13-9-23(37)10-14-26)34-22(4)42(20-32(43)45-6-2)31-16-12-25(39)19-29(31)34/h7-19,35H,5-6,20H2,1-4H3. The fraction of sp³-hybridized carbons (Fsp3) is 0.222. The fourth-order valence-electron chi connectivity index (χ4n) is 6.54. The minimum atomic E-state index is -1.84. The van der Waals surface area contributed by atoms with Crippen LogP contribution < -0.4 is 0 Å². The van der Waals surface area contributed by atoms with E-state index in [1.165, 1.54) is 54.7 Å². The third-order valence-electron chi connectivity index (χ3n) is 8.47. The molecule has 0 bridgehead atoms. The van der Waals surface area contributed by atoms with Crippen molar-refractivity contribution >= 4 is 38.6 Å². The first kappa shape index (κ1) is 31.3. The summed E-state index contributed by atoms with van der Waals surface area (Å²) in [4.78, 5) is 17.7. The topological polar surface area (TPSA) is 66.1 Å². The summed E-state index contributed by atoms with van der Waals surface area (Å²) in [6, 6.07) is 18.0. The highest BCUT2D eigenvalue weighted by Gasteiger charge is 2.33. The summed E-state index contributed by atoms with van der Waals surface area (Å²) in [7, 11) is -1.84. The van der Waals surface area contributed by atoms with Crippen molar-refractivity contribution in [3.05, 3.63) is 125 Å². The number of aromatic nitrogens is 3. The van der Waals surface area contributed by atoms with Crippen LogP contribution in [0.25, 0.3) is 21.8 Å². The first-order chi connectivity index (χ1) is 22.1. The molecule has 46 heavy (non-hydrogen) atoms. The van der Waals surface area contributed by atoms with Crippen molar-refractivity contribution in [1.82, 2.24) is 14.1 Å². The van der Waals surface area contributed by atoms with Crippen molar-refractivity contribution in [2.24, 2.45) is 0 Å². The summed E-state index contributed by atoms with van der Waals surface area (Å²) in [6.45, 7) is 8.22. The molecule has 0 N–H and O–H groups in total. The monoisotopic (exact) mass is 643 g/mol. The molecular formula is C36H32F3N3O3S. The van der Waals surface area contributed by atoms with Crippen molar-refractivity contribution in [1.29, 1.82) is 0 Å². The maximum absolute atomic E-state index is 15.1. The molecule has 3 heterocycles. The molecule has 0 amide bonds. The lowest BCUT2D eigenvalue weighted by atomic mass is 9.82. The molecule has 0 radical (unpaired) electrons.